The second-order valence-corrected chi connectivity index (χ2v) is 11.3. The predicted molar refractivity (Wildman–Crippen MR) is 104 cm³/mol. The standard InChI is InChI=1S/C19H34N2O5S/c1-19(2,3)26-18(23)21-11-9-14(10-12-21)13-17(22)20(4)15-7-6-8-16(15)27(5,24)25/h14-16H,6-13H2,1-5H3/t15-,16+/m1/s1. The van der Waals surface area contributed by atoms with Gasteiger partial charge in [-0.25, -0.2) is 13.2 Å². The van der Waals surface area contributed by atoms with Crippen LogP contribution in [0.4, 0.5) is 4.79 Å². The van der Waals surface area contributed by atoms with Crippen molar-refractivity contribution in [3.63, 3.8) is 0 Å². The number of likely N-dealkylation sites (tertiary alicyclic amines) is 1. The lowest BCUT2D eigenvalue weighted by atomic mass is 9.93. The summed E-state index contributed by atoms with van der Waals surface area (Å²) in [7, 11) is -1.42. The molecule has 1 aliphatic carbocycles. The molecule has 8 heteroatoms. The lowest BCUT2D eigenvalue weighted by molar-refractivity contribution is -0.133. The third kappa shape index (κ3) is 6.09. The van der Waals surface area contributed by atoms with Gasteiger partial charge in [-0.05, 0) is 58.8 Å². The zero-order valence-electron chi connectivity index (χ0n) is 17.2. The van der Waals surface area contributed by atoms with Crippen molar-refractivity contribution in [3.05, 3.63) is 0 Å². The SMILES string of the molecule is CN(C(=O)CC1CCN(C(=O)OC(C)(C)C)CC1)[C@@H]1CCC[C@@H]1S(C)(=O)=O. The van der Waals surface area contributed by atoms with Crippen LogP contribution < -0.4 is 0 Å². The first-order valence-electron chi connectivity index (χ1n) is 9.81. The van der Waals surface area contributed by atoms with E-state index in [0.717, 1.165) is 25.7 Å². The van der Waals surface area contributed by atoms with Gasteiger partial charge in [-0.2, -0.15) is 0 Å². The van der Waals surface area contributed by atoms with Gasteiger partial charge in [-0.1, -0.05) is 0 Å². The molecular formula is C19H34N2O5S. The van der Waals surface area contributed by atoms with Crippen molar-refractivity contribution in [2.75, 3.05) is 26.4 Å². The van der Waals surface area contributed by atoms with Crippen LogP contribution in [0.1, 0.15) is 59.3 Å². The smallest absolute Gasteiger partial charge is 0.410 e. The van der Waals surface area contributed by atoms with Crippen molar-refractivity contribution in [2.24, 2.45) is 5.92 Å². The van der Waals surface area contributed by atoms with Crippen molar-refractivity contribution in [1.82, 2.24) is 9.80 Å². The maximum atomic E-state index is 12.7. The quantitative estimate of drug-likeness (QED) is 0.721. The van der Waals surface area contributed by atoms with Gasteiger partial charge in [-0.15, -0.1) is 0 Å². The highest BCUT2D eigenvalue weighted by atomic mass is 32.2. The molecule has 2 rings (SSSR count). The van der Waals surface area contributed by atoms with Gasteiger partial charge in [0.15, 0.2) is 9.84 Å². The molecule has 0 aromatic carbocycles. The molecule has 0 radical (unpaired) electrons. The number of amides is 2. The van der Waals surface area contributed by atoms with Crippen molar-refractivity contribution >= 4 is 21.8 Å². The van der Waals surface area contributed by atoms with Crippen molar-refractivity contribution in [3.8, 4) is 0 Å². The van der Waals surface area contributed by atoms with E-state index >= 15 is 0 Å². The highest BCUT2D eigenvalue weighted by Gasteiger charge is 2.39. The average molecular weight is 403 g/mol. The van der Waals surface area contributed by atoms with E-state index in [4.69, 9.17) is 4.74 Å². The zero-order valence-corrected chi connectivity index (χ0v) is 18.0. The fourth-order valence-corrected chi connectivity index (χ4v) is 5.56. The van der Waals surface area contributed by atoms with E-state index in [-0.39, 0.29) is 24.0 Å². The van der Waals surface area contributed by atoms with Crippen LogP contribution in [0.25, 0.3) is 0 Å². The maximum Gasteiger partial charge on any atom is 0.410 e. The van der Waals surface area contributed by atoms with E-state index in [1.165, 1.54) is 6.26 Å². The van der Waals surface area contributed by atoms with Crippen molar-refractivity contribution in [1.29, 1.82) is 0 Å². The minimum atomic E-state index is -3.15. The number of hydrogen-bond donors (Lipinski definition) is 0. The topological polar surface area (TPSA) is 84.0 Å². The Morgan fingerprint density at radius 3 is 2.22 bits per heavy atom. The second kappa shape index (κ2) is 8.37. The Kier molecular flexibility index (Phi) is 6.81. The molecule has 0 aromatic heterocycles. The molecule has 7 nitrogen and oxygen atoms in total. The van der Waals surface area contributed by atoms with Crippen LogP contribution in [0.5, 0.6) is 0 Å². The third-order valence-corrected chi connectivity index (χ3v) is 7.24. The summed E-state index contributed by atoms with van der Waals surface area (Å²) in [4.78, 5) is 28.2. The van der Waals surface area contributed by atoms with E-state index < -0.39 is 20.7 Å². The fraction of sp³-hybridized carbons (Fsp3) is 0.895. The molecule has 156 valence electrons. The first kappa shape index (κ1) is 22.0. The molecule has 2 aliphatic rings. The van der Waals surface area contributed by atoms with E-state index in [0.29, 0.717) is 25.9 Å². The molecule has 1 saturated heterocycles. The minimum Gasteiger partial charge on any atom is -0.444 e. The highest BCUT2D eigenvalue weighted by Crippen LogP contribution is 2.30. The first-order chi connectivity index (χ1) is 12.4. The Morgan fingerprint density at radius 1 is 1.11 bits per heavy atom. The van der Waals surface area contributed by atoms with Gasteiger partial charge < -0.3 is 14.5 Å². The van der Waals surface area contributed by atoms with Gasteiger partial charge in [0.05, 0.1) is 5.25 Å². The summed E-state index contributed by atoms with van der Waals surface area (Å²) in [6.45, 7) is 6.72. The van der Waals surface area contributed by atoms with Gasteiger partial charge in [0.1, 0.15) is 5.60 Å². The first-order valence-corrected chi connectivity index (χ1v) is 11.8. The van der Waals surface area contributed by atoms with E-state index in [9.17, 15) is 18.0 Å². The molecule has 0 spiro atoms. The number of sulfone groups is 1. The molecule has 2 fully saturated rings. The maximum absolute atomic E-state index is 12.7. The Labute approximate surface area is 163 Å². The van der Waals surface area contributed by atoms with Crippen LogP contribution in [0.3, 0.4) is 0 Å². The van der Waals surface area contributed by atoms with E-state index in [2.05, 4.69) is 0 Å². The summed E-state index contributed by atoms with van der Waals surface area (Å²) in [5, 5.41) is -0.444. The summed E-state index contributed by atoms with van der Waals surface area (Å²) in [5.41, 5.74) is -0.510. The second-order valence-electron chi connectivity index (χ2n) is 8.99. The number of nitrogens with zero attached hydrogens (tertiary/aromatic N) is 2. The molecule has 1 saturated carbocycles. The molecule has 2 atom stereocenters. The average Bonchev–Trinajstić information content (AvgIpc) is 3.03. The summed E-state index contributed by atoms with van der Waals surface area (Å²) in [6.07, 6.45) is 5.12. The van der Waals surface area contributed by atoms with Crippen LogP contribution in [0.15, 0.2) is 0 Å². The normalized spacial score (nSPS) is 24.7. The van der Waals surface area contributed by atoms with Crippen LogP contribution in [-0.4, -0.2) is 73.5 Å². The number of carbonyl (C=O) groups excluding carboxylic acids is 2. The summed E-state index contributed by atoms with van der Waals surface area (Å²) in [6, 6.07) is -0.214. The van der Waals surface area contributed by atoms with Crippen LogP contribution in [0.2, 0.25) is 0 Å². The molecule has 0 bridgehead atoms. The Hall–Kier alpha value is -1.31. The molecule has 1 aliphatic heterocycles. The zero-order chi connectivity index (χ0) is 20.4. The summed E-state index contributed by atoms with van der Waals surface area (Å²) >= 11 is 0. The number of piperidine rings is 1. The fourth-order valence-electron chi connectivity index (χ4n) is 4.07. The van der Waals surface area contributed by atoms with Gasteiger partial charge in [0, 0.05) is 38.9 Å². The van der Waals surface area contributed by atoms with Gasteiger partial charge in [0.25, 0.3) is 0 Å². The van der Waals surface area contributed by atoms with Crippen LogP contribution in [0, 0.1) is 5.92 Å². The van der Waals surface area contributed by atoms with Crippen LogP contribution >= 0.6 is 0 Å². The molecule has 27 heavy (non-hydrogen) atoms. The Balaban J connectivity index is 1.84. The molecule has 0 aromatic rings. The minimum absolute atomic E-state index is 0.00580. The monoisotopic (exact) mass is 402 g/mol. The third-order valence-electron chi connectivity index (χ3n) is 5.59. The Bertz CT molecular complexity index is 648. The van der Waals surface area contributed by atoms with Gasteiger partial charge in [0.2, 0.25) is 5.91 Å². The number of rotatable bonds is 4. The molecular weight excluding hydrogens is 368 g/mol. The highest BCUT2D eigenvalue weighted by molar-refractivity contribution is 7.91. The lowest BCUT2D eigenvalue weighted by Crippen LogP contribution is -2.46. The predicted octanol–water partition coefficient (Wildman–Crippen LogP) is 2.45. The summed E-state index contributed by atoms with van der Waals surface area (Å²) < 4.78 is 29.3. The molecule has 0 N–H and O–H groups in total. The molecule has 2 amide bonds. The lowest BCUT2D eigenvalue weighted by Gasteiger charge is -2.35. The summed E-state index contributed by atoms with van der Waals surface area (Å²) in [5.74, 6) is 0.225. The molecule has 1 heterocycles. The van der Waals surface area contributed by atoms with Crippen LogP contribution in [-0.2, 0) is 19.4 Å². The van der Waals surface area contributed by atoms with E-state index in [1.807, 2.05) is 20.8 Å². The van der Waals surface area contributed by atoms with E-state index in [1.54, 1.807) is 16.8 Å². The van der Waals surface area contributed by atoms with Gasteiger partial charge >= 0.3 is 6.09 Å². The largest absolute Gasteiger partial charge is 0.444 e. The molecule has 0 unspecified atom stereocenters. The number of hydrogen-bond acceptors (Lipinski definition) is 5. The Morgan fingerprint density at radius 2 is 1.70 bits per heavy atom. The van der Waals surface area contributed by atoms with Crippen molar-refractivity contribution < 1.29 is 22.7 Å². The number of ether oxygens (including phenoxy) is 1. The van der Waals surface area contributed by atoms with Crippen molar-refractivity contribution in [2.45, 2.75) is 76.2 Å². The van der Waals surface area contributed by atoms with Gasteiger partial charge in [-0.3, -0.25) is 4.79 Å². The number of carbonyl (C=O) groups is 2.